The lowest BCUT2D eigenvalue weighted by molar-refractivity contribution is -0.123. The summed E-state index contributed by atoms with van der Waals surface area (Å²) in [4.78, 5) is 11.5. The Labute approximate surface area is 107 Å². The second-order valence-corrected chi connectivity index (χ2v) is 4.51. The lowest BCUT2D eigenvalue weighted by Gasteiger charge is -2.12. The largest absolute Gasteiger partial charge is 0.482 e. The van der Waals surface area contributed by atoms with Gasteiger partial charge in [0.2, 0.25) is 0 Å². The van der Waals surface area contributed by atoms with E-state index in [1.165, 1.54) is 0 Å². The van der Waals surface area contributed by atoms with Gasteiger partial charge in [0.05, 0.1) is 5.02 Å². The molecule has 0 heterocycles. The summed E-state index contributed by atoms with van der Waals surface area (Å²) in [5, 5.41) is 3.35. The maximum absolute atomic E-state index is 11.5. The molecule has 17 heavy (non-hydrogen) atoms. The minimum Gasteiger partial charge on any atom is -0.482 e. The molecule has 1 amide bonds. The Balaban J connectivity index is 2.50. The van der Waals surface area contributed by atoms with Crippen LogP contribution in [0.5, 0.6) is 5.75 Å². The van der Waals surface area contributed by atoms with E-state index in [1.807, 2.05) is 32.9 Å². The van der Waals surface area contributed by atoms with Crippen LogP contribution in [-0.2, 0) is 4.79 Å². The van der Waals surface area contributed by atoms with E-state index in [0.717, 1.165) is 12.0 Å². The number of ether oxygens (including phenoxy) is 1. The first kappa shape index (κ1) is 13.8. The van der Waals surface area contributed by atoms with Crippen molar-refractivity contribution in [2.24, 2.45) is 0 Å². The van der Waals surface area contributed by atoms with Gasteiger partial charge in [-0.2, -0.15) is 0 Å². The SMILES string of the molecule is CC[C@@H](C)NC(=O)COc1cc(C)ccc1Cl. The number of hydrogen-bond acceptors (Lipinski definition) is 2. The van der Waals surface area contributed by atoms with Crippen molar-refractivity contribution in [2.75, 3.05) is 6.61 Å². The predicted molar refractivity (Wildman–Crippen MR) is 69.6 cm³/mol. The Morgan fingerprint density at radius 1 is 1.53 bits per heavy atom. The molecule has 3 nitrogen and oxygen atoms in total. The molecule has 4 heteroatoms. The zero-order valence-electron chi connectivity index (χ0n) is 10.4. The summed E-state index contributed by atoms with van der Waals surface area (Å²) in [6, 6.07) is 5.64. The highest BCUT2D eigenvalue weighted by atomic mass is 35.5. The summed E-state index contributed by atoms with van der Waals surface area (Å²) in [5.41, 5.74) is 1.05. The molecule has 0 fully saturated rings. The van der Waals surface area contributed by atoms with Gasteiger partial charge < -0.3 is 10.1 Å². The van der Waals surface area contributed by atoms with Crippen molar-refractivity contribution < 1.29 is 9.53 Å². The highest BCUT2D eigenvalue weighted by Crippen LogP contribution is 2.24. The zero-order valence-corrected chi connectivity index (χ0v) is 11.2. The molecule has 0 spiro atoms. The van der Waals surface area contributed by atoms with Gasteiger partial charge in [0.25, 0.3) is 5.91 Å². The van der Waals surface area contributed by atoms with E-state index in [0.29, 0.717) is 10.8 Å². The van der Waals surface area contributed by atoms with Gasteiger partial charge >= 0.3 is 0 Å². The molecule has 1 atom stereocenters. The number of halogens is 1. The van der Waals surface area contributed by atoms with Crippen LogP contribution in [0.1, 0.15) is 25.8 Å². The number of aryl methyl sites for hydroxylation is 1. The van der Waals surface area contributed by atoms with E-state index in [1.54, 1.807) is 6.07 Å². The van der Waals surface area contributed by atoms with Crippen molar-refractivity contribution in [1.29, 1.82) is 0 Å². The second kappa shape index (κ2) is 6.50. The maximum atomic E-state index is 11.5. The first-order chi connectivity index (χ1) is 8.02. The molecule has 1 rings (SSSR count). The van der Waals surface area contributed by atoms with Gasteiger partial charge in [-0.15, -0.1) is 0 Å². The van der Waals surface area contributed by atoms with Crippen LogP contribution < -0.4 is 10.1 Å². The molecule has 0 aliphatic heterocycles. The van der Waals surface area contributed by atoms with Crippen LogP contribution in [0, 0.1) is 6.92 Å². The van der Waals surface area contributed by atoms with Crippen LogP contribution >= 0.6 is 11.6 Å². The third kappa shape index (κ3) is 4.65. The van der Waals surface area contributed by atoms with Crippen LogP contribution in [0.15, 0.2) is 18.2 Å². The monoisotopic (exact) mass is 255 g/mol. The fourth-order valence-electron chi connectivity index (χ4n) is 1.28. The highest BCUT2D eigenvalue weighted by Gasteiger charge is 2.08. The Hall–Kier alpha value is -1.22. The first-order valence-corrected chi connectivity index (χ1v) is 6.09. The van der Waals surface area contributed by atoms with Crippen molar-refractivity contribution in [3.05, 3.63) is 28.8 Å². The van der Waals surface area contributed by atoms with E-state index in [4.69, 9.17) is 16.3 Å². The quantitative estimate of drug-likeness (QED) is 0.879. The third-order valence-corrected chi connectivity index (χ3v) is 2.78. The predicted octanol–water partition coefficient (Wildman–Crippen LogP) is 2.94. The normalized spacial score (nSPS) is 12.0. The fourth-order valence-corrected chi connectivity index (χ4v) is 1.46. The van der Waals surface area contributed by atoms with Gasteiger partial charge in [-0.25, -0.2) is 0 Å². The van der Waals surface area contributed by atoms with Gasteiger partial charge in [-0.1, -0.05) is 24.6 Å². The van der Waals surface area contributed by atoms with Crippen LogP contribution in [0.25, 0.3) is 0 Å². The number of nitrogens with one attached hydrogen (secondary N) is 1. The van der Waals surface area contributed by atoms with Crippen molar-refractivity contribution in [3.8, 4) is 5.75 Å². The number of amides is 1. The van der Waals surface area contributed by atoms with Gasteiger partial charge in [-0.05, 0) is 38.0 Å². The zero-order chi connectivity index (χ0) is 12.8. The minimum absolute atomic E-state index is 0.00644. The molecule has 0 unspecified atom stereocenters. The van der Waals surface area contributed by atoms with Gasteiger partial charge in [0.1, 0.15) is 5.75 Å². The molecule has 0 saturated heterocycles. The summed E-state index contributed by atoms with van der Waals surface area (Å²) in [5.74, 6) is 0.419. The number of carbonyl (C=O) groups is 1. The van der Waals surface area contributed by atoms with E-state index in [2.05, 4.69) is 5.32 Å². The Bertz CT molecular complexity index is 393. The Kier molecular flexibility index (Phi) is 5.29. The molecule has 0 aliphatic rings. The van der Waals surface area contributed by atoms with Crippen LogP contribution in [0.2, 0.25) is 5.02 Å². The highest BCUT2D eigenvalue weighted by molar-refractivity contribution is 6.32. The summed E-state index contributed by atoms with van der Waals surface area (Å²) >= 11 is 5.96. The average molecular weight is 256 g/mol. The van der Waals surface area contributed by atoms with Crippen molar-refractivity contribution in [1.82, 2.24) is 5.32 Å². The summed E-state index contributed by atoms with van der Waals surface area (Å²) < 4.78 is 5.38. The molecule has 0 bridgehead atoms. The molecule has 94 valence electrons. The van der Waals surface area contributed by atoms with Crippen molar-refractivity contribution in [3.63, 3.8) is 0 Å². The Morgan fingerprint density at radius 3 is 2.88 bits per heavy atom. The molecular formula is C13H18ClNO2. The fraction of sp³-hybridized carbons (Fsp3) is 0.462. The minimum atomic E-state index is -0.128. The second-order valence-electron chi connectivity index (χ2n) is 4.10. The van der Waals surface area contributed by atoms with Crippen LogP contribution in [0.3, 0.4) is 0 Å². The number of rotatable bonds is 5. The summed E-state index contributed by atoms with van der Waals surface area (Å²) in [6.07, 6.45) is 0.900. The summed E-state index contributed by atoms with van der Waals surface area (Å²) in [6.45, 7) is 5.91. The number of carbonyl (C=O) groups excluding carboxylic acids is 1. The molecule has 1 aromatic carbocycles. The van der Waals surface area contributed by atoms with Crippen LogP contribution in [0.4, 0.5) is 0 Å². The first-order valence-electron chi connectivity index (χ1n) is 5.71. The lowest BCUT2D eigenvalue weighted by atomic mass is 10.2. The maximum Gasteiger partial charge on any atom is 0.258 e. The molecule has 0 radical (unpaired) electrons. The van der Waals surface area contributed by atoms with Gasteiger partial charge in [0, 0.05) is 6.04 Å². The van der Waals surface area contributed by atoms with Crippen molar-refractivity contribution >= 4 is 17.5 Å². The Morgan fingerprint density at radius 2 is 2.24 bits per heavy atom. The molecular weight excluding hydrogens is 238 g/mol. The molecule has 1 aromatic rings. The third-order valence-electron chi connectivity index (χ3n) is 2.47. The lowest BCUT2D eigenvalue weighted by Crippen LogP contribution is -2.35. The molecule has 0 aromatic heterocycles. The van der Waals surface area contributed by atoms with Gasteiger partial charge in [0.15, 0.2) is 6.61 Å². The molecule has 1 N–H and O–H groups in total. The molecule has 0 saturated carbocycles. The van der Waals surface area contributed by atoms with Crippen LogP contribution in [-0.4, -0.2) is 18.6 Å². The van der Waals surface area contributed by atoms with E-state index in [-0.39, 0.29) is 18.6 Å². The smallest absolute Gasteiger partial charge is 0.258 e. The summed E-state index contributed by atoms with van der Waals surface area (Å²) in [7, 11) is 0. The van der Waals surface area contributed by atoms with E-state index >= 15 is 0 Å². The average Bonchev–Trinajstić information content (AvgIpc) is 2.30. The number of benzene rings is 1. The topological polar surface area (TPSA) is 38.3 Å². The van der Waals surface area contributed by atoms with Gasteiger partial charge in [-0.3, -0.25) is 4.79 Å². The number of hydrogen-bond donors (Lipinski definition) is 1. The van der Waals surface area contributed by atoms with E-state index in [9.17, 15) is 4.79 Å². The van der Waals surface area contributed by atoms with Crippen molar-refractivity contribution in [2.45, 2.75) is 33.2 Å². The van der Waals surface area contributed by atoms with E-state index < -0.39 is 0 Å². The standard InChI is InChI=1S/C13H18ClNO2/c1-4-10(3)15-13(16)8-17-12-7-9(2)5-6-11(12)14/h5-7,10H,4,8H2,1-3H3,(H,15,16)/t10-/m1/s1. The molecule has 0 aliphatic carbocycles.